The van der Waals surface area contributed by atoms with E-state index < -0.39 is 26.0 Å². The van der Waals surface area contributed by atoms with Crippen molar-refractivity contribution in [2.45, 2.75) is 35.6 Å². The van der Waals surface area contributed by atoms with Gasteiger partial charge in [0.05, 0.1) is 25.2 Å². The van der Waals surface area contributed by atoms with Crippen LogP contribution in [-0.4, -0.2) is 34.2 Å². The summed E-state index contributed by atoms with van der Waals surface area (Å²) in [7, 11) is -4.04. The Hall–Kier alpha value is -2.30. The number of ether oxygens (including phenoxy) is 4. The summed E-state index contributed by atoms with van der Waals surface area (Å²) >= 11 is 0. The molecular weight excluding hydrogens is 425 g/mol. The zero-order valence-electron chi connectivity index (χ0n) is 16.0. The lowest BCUT2D eigenvalue weighted by Gasteiger charge is -2.26. The monoisotopic (exact) mass is 444 g/mol. The number of benzene rings is 2. The summed E-state index contributed by atoms with van der Waals surface area (Å²) in [5, 5.41) is 0. The van der Waals surface area contributed by atoms with Gasteiger partial charge >= 0.3 is 5.51 Å². The van der Waals surface area contributed by atoms with Gasteiger partial charge < -0.3 is 18.9 Å². The van der Waals surface area contributed by atoms with Crippen LogP contribution in [0.15, 0.2) is 41.3 Å². The summed E-state index contributed by atoms with van der Waals surface area (Å²) in [6.45, 7) is 0.486. The number of hydrogen-bond acceptors (Lipinski definition) is 6. The van der Waals surface area contributed by atoms with Gasteiger partial charge in [0.1, 0.15) is 18.1 Å². The van der Waals surface area contributed by atoms with Gasteiger partial charge in [0.2, 0.25) is 0 Å². The van der Waals surface area contributed by atoms with Crippen molar-refractivity contribution in [1.29, 1.82) is 0 Å². The van der Waals surface area contributed by atoms with Crippen LogP contribution in [-0.2, 0) is 38.1 Å². The molecule has 30 heavy (non-hydrogen) atoms. The van der Waals surface area contributed by atoms with Crippen molar-refractivity contribution < 1.29 is 40.5 Å². The molecule has 1 aliphatic heterocycles. The molecule has 1 spiro atoms. The average Bonchev–Trinajstić information content (AvgIpc) is 3.34. The molecule has 0 radical (unpaired) electrons. The third-order valence-electron chi connectivity index (χ3n) is 5.22. The number of halogens is 3. The first-order chi connectivity index (χ1) is 14.2. The highest BCUT2D eigenvalue weighted by atomic mass is 32.2. The highest BCUT2D eigenvalue weighted by Crippen LogP contribution is 2.51. The number of hydrogen-bond donors (Lipinski definition) is 0. The third-order valence-corrected chi connectivity index (χ3v) is 6.75. The van der Waals surface area contributed by atoms with Crippen molar-refractivity contribution in [2.24, 2.45) is 0 Å². The molecule has 0 atom stereocenters. The van der Waals surface area contributed by atoms with E-state index in [1.165, 1.54) is 6.07 Å². The minimum absolute atomic E-state index is 0.107. The van der Waals surface area contributed by atoms with Crippen molar-refractivity contribution in [3.05, 3.63) is 53.1 Å². The summed E-state index contributed by atoms with van der Waals surface area (Å²) in [4.78, 5) is -0.846. The maximum atomic E-state index is 13.3. The van der Waals surface area contributed by atoms with Gasteiger partial charge in [-0.25, -0.2) is 8.42 Å². The SMILES string of the molecule is COc1ccc(COc2ccc(S(=O)(=O)C(F)(F)F)c3c2CCC32OCCO2)cc1. The molecule has 1 heterocycles. The molecule has 0 N–H and O–H groups in total. The number of sulfone groups is 1. The molecule has 162 valence electrons. The van der Waals surface area contributed by atoms with Gasteiger partial charge in [-0.05, 0) is 36.2 Å². The molecule has 0 amide bonds. The van der Waals surface area contributed by atoms with Gasteiger partial charge in [-0.2, -0.15) is 13.2 Å². The zero-order chi connectivity index (χ0) is 21.6. The second-order valence-corrected chi connectivity index (χ2v) is 8.86. The van der Waals surface area contributed by atoms with E-state index in [2.05, 4.69) is 0 Å². The van der Waals surface area contributed by atoms with Gasteiger partial charge in [-0.15, -0.1) is 0 Å². The van der Waals surface area contributed by atoms with Crippen LogP contribution in [0, 0.1) is 0 Å². The Bertz CT molecular complexity index is 1040. The van der Waals surface area contributed by atoms with E-state index in [1.54, 1.807) is 31.4 Å². The molecule has 1 saturated heterocycles. The van der Waals surface area contributed by atoms with Crippen LogP contribution in [0.1, 0.15) is 23.1 Å². The lowest BCUT2D eigenvalue weighted by atomic mass is 10.1. The van der Waals surface area contributed by atoms with Crippen LogP contribution < -0.4 is 9.47 Å². The first-order valence-corrected chi connectivity index (χ1v) is 10.7. The molecule has 10 heteroatoms. The van der Waals surface area contributed by atoms with E-state index in [0.29, 0.717) is 17.1 Å². The van der Waals surface area contributed by atoms with E-state index >= 15 is 0 Å². The highest BCUT2D eigenvalue weighted by molar-refractivity contribution is 7.92. The van der Waals surface area contributed by atoms with Crippen LogP contribution in [0.2, 0.25) is 0 Å². The Morgan fingerprint density at radius 3 is 2.33 bits per heavy atom. The molecule has 0 saturated carbocycles. The average molecular weight is 444 g/mol. The van der Waals surface area contributed by atoms with Gasteiger partial charge in [-0.3, -0.25) is 0 Å². The van der Waals surface area contributed by atoms with Crippen molar-refractivity contribution in [1.82, 2.24) is 0 Å². The second kappa shape index (κ2) is 7.44. The van der Waals surface area contributed by atoms with Gasteiger partial charge in [-0.1, -0.05) is 12.1 Å². The Balaban J connectivity index is 1.73. The van der Waals surface area contributed by atoms with Crippen molar-refractivity contribution in [2.75, 3.05) is 20.3 Å². The van der Waals surface area contributed by atoms with Crippen molar-refractivity contribution in [3.8, 4) is 11.5 Å². The Kier molecular flexibility index (Phi) is 5.19. The molecule has 2 aromatic carbocycles. The Morgan fingerprint density at radius 2 is 1.73 bits per heavy atom. The molecule has 2 aromatic rings. The summed E-state index contributed by atoms with van der Waals surface area (Å²) in [5.41, 5.74) is -4.37. The van der Waals surface area contributed by atoms with Crippen LogP contribution in [0.3, 0.4) is 0 Å². The number of alkyl halides is 3. The topological polar surface area (TPSA) is 71.1 Å². The van der Waals surface area contributed by atoms with Crippen LogP contribution in [0.4, 0.5) is 13.2 Å². The predicted octanol–water partition coefficient (Wildman–Crippen LogP) is 3.71. The van der Waals surface area contributed by atoms with E-state index in [-0.39, 0.29) is 38.2 Å². The first-order valence-electron chi connectivity index (χ1n) is 9.19. The van der Waals surface area contributed by atoms with E-state index in [0.717, 1.165) is 11.6 Å². The molecule has 0 aromatic heterocycles. The largest absolute Gasteiger partial charge is 0.501 e. The molecule has 4 rings (SSSR count). The van der Waals surface area contributed by atoms with Crippen LogP contribution in [0.5, 0.6) is 11.5 Å². The highest BCUT2D eigenvalue weighted by Gasteiger charge is 2.54. The third kappa shape index (κ3) is 3.42. The fraction of sp³-hybridized carbons (Fsp3) is 0.400. The lowest BCUT2D eigenvalue weighted by molar-refractivity contribution is -0.164. The molecule has 1 aliphatic carbocycles. The van der Waals surface area contributed by atoms with Crippen molar-refractivity contribution >= 4 is 9.84 Å². The fourth-order valence-corrected chi connectivity index (χ4v) is 4.84. The fourth-order valence-electron chi connectivity index (χ4n) is 3.80. The number of methoxy groups -OCH3 is 1. The molecule has 1 fully saturated rings. The van der Waals surface area contributed by atoms with E-state index in [4.69, 9.17) is 18.9 Å². The molecule has 2 aliphatic rings. The molecule has 0 unspecified atom stereocenters. The van der Waals surface area contributed by atoms with Crippen LogP contribution in [0.25, 0.3) is 0 Å². The predicted molar refractivity (Wildman–Crippen MR) is 98.9 cm³/mol. The maximum absolute atomic E-state index is 13.3. The summed E-state index contributed by atoms with van der Waals surface area (Å²) in [6, 6.07) is 9.30. The smallest absolute Gasteiger partial charge is 0.497 e. The van der Waals surface area contributed by atoms with Gasteiger partial charge in [0, 0.05) is 17.5 Å². The minimum atomic E-state index is -5.59. The number of fused-ring (bicyclic) bond motifs is 2. The standard InChI is InChI=1S/C20H19F3O6S/c1-26-14-4-2-13(3-5-14)12-27-16-6-7-17(30(24,25)20(21,22)23)18-15(16)8-9-19(18)28-10-11-29-19/h2-7H,8-12H2,1H3. The summed E-state index contributed by atoms with van der Waals surface area (Å²) in [6.07, 6.45) is 0.486. The molecule has 0 bridgehead atoms. The second-order valence-electron chi connectivity index (χ2n) is 6.95. The van der Waals surface area contributed by atoms with Crippen molar-refractivity contribution in [3.63, 3.8) is 0 Å². The molecule has 6 nitrogen and oxygen atoms in total. The van der Waals surface area contributed by atoms with Crippen LogP contribution >= 0.6 is 0 Å². The Morgan fingerprint density at radius 1 is 1.07 bits per heavy atom. The zero-order valence-corrected chi connectivity index (χ0v) is 16.8. The lowest BCUT2D eigenvalue weighted by Crippen LogP contribution is -2.30. The summed E-state index contributed by atoms with van der Waals surface area (Å²) in [5.74, 6) is -0.514. The van der Waals surface area contributed by atoms with Gasteiger partial charge in [0.25, 0.3) is 9.84 Å². The van der Waals surface area contributed by atoms with Gasteiger partial charge in [0.15, 0.2) is 5.79 Å². The van der Waals surface area contributed by atoms with E-state index in [1.807, 2.05) is 0 Å². The minimum Gasteiger partial charge on any atom is -0.497 e. The first kappa shape index (κ1) is 21.0. The number of rotatable bonds is 5. The normalized spacial score (nSPS) is 17.9. The maximum Gasteiger partial charge on any atom is 0.501 e. The quantitative estimate of drug-likeness (QED) is 0.700. The molecular formula is C20H19F3O6S. The van der Waals surface area contributed by atoms with E-state index in [9.17, 15) is 21.6 Å². The Labute approximate surface area is 171 Å². The summed E-state index contributed by atoms with van der Waals surface area (Å²) < 4.78 is 86.4.